The molecule has 2 unspecified atom stereocenters. The predicted molar refractivity (Wildman–Crippen MR) is 46.2 cm³/mol. The van der Waals surface area contributed by atoms with Gasteiger partial charge in [0.05, 0.1) is 0 Å². The maximum atomic E-state index is 10.7. The molecule has 4 N–H and O–H groups in total. The van der Waals surface area contributed by atoms with Gasteiger partial charge in [-0.05, 0) is 30.6 Å². The highest BCUT2D eigenvalue weighted by molar-refractivity contribution is 5.74. The lowest BCUT2D eigenvalue weighted by molar-refractivity contribution is -0.127. The summed E-state index contributed by atoms with van der Waals surface area (Å²) in [6.45, 7) is 0. The van der Waals surface area contributed by atoms with E-state index in [1.807, 2.05) is 0 Å². The first-order chi connectivity index (χ1) is 5.65. The summed E-state index contributed by atoms with van der Waals surface area (Å²) in [6, 6.07) is 0.343. The number of hydrogen-bond acceptors (Lipinski definition) is 2. The Balaban J connectivity index is 1.97. The van der Waals surface area contributed by atoms with Gasteiger partial charge in [-0.15, -0.1) is 0 Å². The maximum absolute atomic E-state index is 10.7. The Morgan fingerprint density at radius 2 is 2.17 bits per heavy atom. The normalized spacial score (nSPS) is 37.1. The number of amides is 1. The first kappa shape index (κ1) is 8.05. The molecule has 2 fully saturated rings. The van der Waals surface area contributed by atoms with Crippen LogP contribution in [-0.4, -0.2) is 11.9 Å². The quantitative estimate of drug-likeness (QED) is 0.625. The molecule has 0 aromatic rings. The Morgan fingerprint density at radius 1 is 1.50 bits per heavy atom. The topological polar surface area (TPSA) is 69.1 Å². The molecule has 2 saturated carbocycles. The van der Waals surface area contributed by atoms with Gasteiger partial charge in [-0.1, -0.05) is 6.42 Å². The van der Waals surface area contributed by atoms with Crippen LogP contribution >= 0.6 is 0 Å². The van der Waals surface area contributed by atoms with Crippen molar-refractivity contribution in [2.75, 3.05) is 0 Å². The Morgan fingerprint density at radius 3 is 2.50 bits per heavy atom. The average molecular weight is 168 g/mol. The van der Waals surface area contributed by atoms with Gasteiger partial charge in [0, 0.05) is 12.5 Å². The number of hydrogen-bond donors (Lipinski definition) is 2. The molecule has 2 aliphatic carbocycles. The molecule has 0 aromatic carbocycles. The highest BCUT2D eigenvalue weighted by atomic mass is 16.1. The highest BCUT2D eigenvalue weighted by Gasteiger charge is 2.56. The molecule has 3 nitrogen and oxygen atoms in total. The molecule has 68 valence electrons. The lowest BCUT2D eigenvalue weighted by atomic mass is 9.46. The first-order valence-corrected chi connectivity index (χ1v) is 4.69. The van der Waals surface area contributed by atoms with Gasteiger partial charge in [0.25, 0.3) is 0 Å². The Kier molecular flexibility index (Phi) is 1.65. The molecule has 0 bridgehead atoms. The van der Waals surface area contributed by atoms with Crippen LogP contribution in [0.4, 0.5) is 0 Å². The van der Waals surface area contributed by atoms with Crippen molar-refractivity contribution >= 4 is 5.91 Å². The minimum atomic E-state index is -0.168. The van der Waals surface area contributed by atoms with E-state index in [-0.39, 0.29) is 5.91 Å². The fourth-order valence-corrected chi connectivity index (χ4v) is 2.81. The summed E-state index contributed by atoms with van der Waals surface area (Å²) in [4.78, 5) is 10.7. The fourth-order valence-electron chi connectivity index (χ4n) is 2.81. The van der Waals surface area contributed by atoms with Crippen LogP contribution in [0, 0.1) is 11.3 Å². The van der Waals surface area contributed by atoms with Crippen LogP contribution in [0.25, 0.3) is 0 Å². The van der Waals surface area contributed by atoms with E-state index in [9.17, 15) is 4.79 Å². The van der Waals surface area contributed by atoms with Crippen molar-refractivity contribution in [3.05, 3.63) is 0 Å². The molecule has 0 aromatic heterocycles. The van der Waals surface area contributed by atoms with Crippen molar-refractivity contribution in [1.82, 2.24) is 0 Å². The maximum Gasteiger partial charge on any atom is 0.217 e. The largest absolute Gasteiger partial charge is 0.370 e. The van der Waals surface area contributed by atoms with Crippen LogP contribution in [0.3, 0.4) is 0 Å². The smallest absolute Gasteiger partial charge is 0.217 e. The summed E-state index contributed by atoms with van der Waals surface area (Å²) < 4.78 is 0. The number of nitrogens with two attached hydrogens (primary N) is 2. The lowest BCUT2D eigenvalue weighted by Crippen LogP contribution is -2.62. The van der Waals surface area contributed by atoms with Crippen molar-refractivity contribution < 1.29 is 4.79 Å². The standard InChI is InChI=1S/C9H16N2O/c10-7-4-6(5-8(11)12)9(7)2-1-3-9/h6-7H,1-5,10H2,(H2,11,12). The molecule has 0 aliphatic heterocycles. The van der Waals surface area contributed by atoms with Crippen LogP contribution in [0.15, 0.2) is 0 Å². The molecule has 1 spiro atoms. The van der Waals surface area contributed by atoms with Crippen molar-refractivity contribution in [2.24, 2.45) is 22.8 Å². The van der Waals surface area contributed by atoms with Crippen molar-refractivity contribution in [3.63, 3.8) is 0 Å². The number of carbonyl (C=O) groups excluding carboxylic acids is 1. The van der Waals surface area contributed by atoms with E-state index in [0.717, 1.165) is 6.42 Å². The summed E-state index contributed by atoms with van der Waals surface area (Å²) in [6.07, 6.45) is 5.26. The van der Waals surface area contributed by atoms with Crippen LogP contribution in [0.2, 0.25) is 0 Å². The molecular weight excluding hydrogens is 152 g/mol. The van der Waals surface area contributed by atoms with Crippen molar-refractivity contribution in [3.8, 4) is 0 Å². The van der Waals surface area contributed by atoms with E-state index in [1.54, 1.807) is 0 Å². The van der Waals surface area contributed by atoms with Gasteiger partial charge in [0.1, 0.15) is 0 Å². The Labute approximate surface area is 72.5 Å². The van der Waals surface area contributed by atoms with Gasteiger partial charge in [-0.2, -0.15) is 0 Å². The van der Waals surface area contributed by atoms with Crippen LogP contribution < -0.4 is 11.5 Å². The van der Waals surface area contributed by atoms with Crippen molar-refractivity contribution in [2.45, 2.75) is 38.1 Å². The SMILES string of the molecule is NC(=O)CC1CC(N)C12CCC2. The van der Waals surface area contributed by atoms with E-state index in [0.29, 0.717) is 23.8 Å². The van der Waals surface area contributed by atoms with Gasteiger partial charge in [-0.3, -0.25) is 4.79 Å². The predicted octanol–water partition coefficient (Wildman–Crippen LogP) is 0.379. The Bertz CT molecular complexity index is 211. The molecule has 2 rings (SSSR count). The van der Waals surface area contributed by atoms with Gasteiger partial charge in [0.15, 0.2) is 0 Å². The second-order valence-corrected chi connectivity index (χ2v) is 4.30. The summed E-state index contributed by atoms with van der Waals surface area (Å²) in [5.41, 5.74) is 11.4. The number of carbonyl (C=O) groups is 1. The minimum Gasteiger partial charge on any atom is -0.370 e. The zero-order valence-electron chi connectivity index (χ0n) is 7.25. The van der Waals surface area contributed by atoms with E-state index in [1.165, 1.54) is 19.3 Å². The Hall–Kier alpha value is -0.570. The summed E-state index contributed by atoms with van der Waals surface area (Å²) in [5.74, 6) is 0.330. The monoisotopic (exact) mass is 168 g/mol. The summed E-state index contributed by atoms with van der Waals surface area (Å²) in [7, 11) is 0. The summed E-state index contributed by atoms with van der Waals surface area (Å²) >= 11 is 0. The molecule has 2 atom stereocenters. The molecule has 3 heteroatoms. The van der Waals surface area contributed by atoms with Crippen LogP contribution in [0.5, 0.6) is 0 Å². The molecule has 1 amide bonds. The summed E-state index contributed by atoms with van der Waals surface area (Å²) in [5, 5.41) is 0. The van der Waals surface area contributed by atoms with E-state index in [2.05, 4.69) is 0 Å². The first-order valence-electron chi connectivity index (χ1n) is 4.69. The van der Waals surface area contributed by atoms with Gasteiger partial charge in [-0.25, -0.2) is 0 Å². The third-order valence-corrected chi connectivity index (χ3v) is 3.82. The second-order valence-electron chi connectivity index (χ2n) is 4.30. The number of rotatable bonds is 2. The molecule has 0 heterocycles. The molecule has 2 aliphatic rings. The molecule has 0 radical (unpaired) electrons. The minimum absolute atomic E-state index is 0.168. The van der Waals surface area contributed by atoms with E-state index < -0.39 is 0 Å². The zero-order valence-corrected chi connectivity index (χ0v) is 7.25. The molecule has 12 heavy (non-hydrogen) atoms. The van der Waals surface area contributed by atoms with Crippen LogP contribution in [-0.2, 0) is 4.79 Å². The van der Waals surface area contributed by atoms with Crippen molar-refractivity contribution in [1.29, 1.82) is 0 Å². The average Bonchev–Trinajstić information content (AvgIpc) is 1.81. The second kappa shape index (κ2) is 2.46. The van der Waals surface area contributed by atoms with E-state index >= 15 is 0 Å². The number of primary amides is 1. The molecule has 0 saturated heterocycles. The fraction of sp³-hybridized carbons (Fsp3) is 0.889. The van der Waals surface area contributed by atoms with Crippen LogP contribution in [0.1, 0.15) is 32.1 Å². The highest BCUT2D eigenvalue weighted by Crippen LogP contribution is 2.59. The van der Waals surface area contributed by atoms with E-state index in [4.69, 9.17) is 11.5 Å². The third kappa shape index (κ3) is 0.891. The molecular formula is C9H16N2O. The van der Waals surface area contributed by atoms with Gasteiger partial charge >= 0.3 is 0 Å². The lowest BCUT2D eigenvalue weighted by Gasteiger charge is -2.60. The zero-order chi connectivity index (χ0) is 8.77. The van der Waals surface area contributed by atoms with Gasteiger partial charge < -0.3 is 11.5 Å². The third-order valence-electron chi connectivity index (χ3n) is 3.82. The van der Waals surface area contributed by atoms with Gasteiger partial charge in [0.2, 0.25) is 5.91 Å².